The number of hydrogen-bond donors (Lipinski definition) is 1. The Morgan fingerprint density at radius 2 is 2.00 bits per heavy atom. The average Bonchev–Trinajstić information content (AvgIpc) is 2.32. The van der Waals surface area contributed by atoms with Gasteiger partial charge in [0, 0.05) is 11.5 Å². The fourth-order valence-electron chi connectivity index (χ4n) is 4.23. The molecule has 17 heavy (non-hydrogen) atoms. The van der Waals surface area contributed by atoms with Gasteiger partial charge in [-0.1, -0.05) is 26.2 Å². The molecule has 0 bridgehead atoms. The van der Waals surface area contributed by atoms with Crippen molar-refractivity contribution in [3.05, 3.63) is 0 Å². The zero-order valence-corrected chi connectivity index (χ0v) is 11.6. The van der Waals surface area contributed by atoms with Gasteiger partial charge in [0.15, 0.2) is 0 Å². The topological polar surface area (TPSA) is 23.5 Å². The van der Waals surface area contributed by atoms with E-state index in [0.717, 1.165) is 6.42 Å². The quantitative estimate of drug-likeness (QED) is 0.817. The van der Waals surface area contributed by atoms with Gasteiger partial charge in [0.2, 0.25) is 0 Å². The minimum Gasteiger partial charge on any atom is -0.393 e. The highest BCUT2D eigenvalue weighted by Crippen LogP contribution is 2.45. The Morgan fingerprint density at radius 1 is 1.24 bits per heavy atom. The number of nitrogens with zero attached hydrogens (tertiary/aromatic N) is 1. The van der Waals surface area contributed by atoms with Crippen LogP contribution in [0.1, 0.15) is 64.7 Å². The molecule has 2 heteroatoms. The average molecular weight is 239 g/mol. The summed E-state index contributed by atoms with van der Waals surface area (Å²) in [6.07, 6.45) is 11.3. The van der Waals surface area contributed by atoms with Crippen LogP contribution in [0, 0.1) is 5.92 Å². The van der Waals surface area contributed by atoms with Crippen LogP contribution in [0.5, 0.6) is 0 Å². The third-order valence-corrected chi connectivity index (χ3v) is 5.25. The van der Waals surface area contributed by atoms with Gasteiger partial charge in [-0.2, -0.15) is 0 Å². The summed E-state index contributed by atoms with van der Waals surface area (Å²) in [6.45, 7) is 3.49. The summed E-state index contributed by atoms with van der Waals surface area (Å²) in [7, 11) is 2.29. The van der Waals surface area contributed by atoms with Gasteiger partial charge in [-0.3, -0.25) is 0 Å². The minimum atomic E-state index is -0.0455. The second kappa shape index (κ2) is 5.71. The molecule has 100 valence electrons. The van der Waals surface area contributed by atoms with Gasteiger partial charge < -0.3 is 10.0 Å². The van der Waals surface area contributed by atoms with E-state index in [9.17, 15) is 5.11 Å². The highest BCUT2D eigenvalue weighted by Gasteiger charge is 2.47. The second-order valence-electron chi connectivity index (χ2n) is 6.19. The third-order valence-electron chi connectivity index (χ3n) is 5.25. The standard InChI is InChI=1S/C15H29NO/c1-3-4-8-13-14(17)9-7-11-15(13)10-5-6-12-16(15)2/h13-14,17H,3-12H2,1-2H3/t13-,14-,15?/m1/s1. The monoisotopic (exact) mass is 239 g/mol. The lowest BCUT2D eigenvalue weighted by Gasteiger charge is -2.54. The van der Waals surface area contributed by atoms with Crippen LogP contribution in [0.2, 0.25) is 0 Å². The van der Waals surface area contributed by atoms with Gasteiger partial charge in [0.05, 0.1) is 6.10 Å². The summed E-state index contributed by atoms with van der Waals surface area (Å²) in [4.78, 5) is 2.58. The maximum absolute atomic E-state index is 10.4. The van der Waals surface area contributed by atoms with Gasteiger partial charge in [0.1, 0.15) is 0 Å². The number of piperidine rings is 1. The molecule has 0 aromatic rings. The first-order chi connectivity index (χ1) is 8.20. The molecule has 0 aromatic carbocycles. The first kappa shape index (κ1) is 13.4. The third kappa shape index (κ3) is 2.53. The van der Waals surface area contributed by atoms with E-state index in [-0.39, 0.29) is 6.10 Å². The lowest BCUT2D eigenvalue weighted by molar-refractivity contribution is -0.0787. The molecular formula is C15H29NO. The van der Waals surface area contributed by atoms with Crippen molar-refractivity contribution in [3.8, 4) is 0 Å². The summed E-state index contributed by atoms with van der Waals surface area (Å²) >= 11 is 0. The molecule has 2 fully saturated rings. The van der Waals surface area contributed by atoms with E-state index < -0.39 is 0 Å². The van der Waals surface area contributed by atoms with Gasteiger partial charge in [0.25, 0.3) is 0 Å². The van der Waals surface area contributed by atoms with Crippen LogP contribution in [0.15, 0.2) is 0 Å². The molecule has 2 nitrogen and oxygen atoms in total. The molecule has 1 N–H and O–H groups in total. The van der Waals surface area contributed by atoms with Gasteiger partial charge in [-0.15, -0.1) is 0 Å². The van der Waals surface area contributed by atoms with Crippen molar-refractivity contribution in [2.75, 3.05) is 13.6 Å². The largest absolute Gasteiger partial charge is 0.393 e. The number of unbranched alkanes of at least 4 members (excludes halogenated alkanes) is 1. The summed E-state index contributed by atoms with van der Waals surface area (Å²) in [5.41, 5.74) is 0.338. The highest BCUT2D eigenvalue weighted by molar-refractivity contribution is 5.02. The van der Waals surface area contributed by atoms with Crippen LogP contribution in [-0.4, -0.2) is 35.2 Å². The molecule has 1 unspecified atom stereocenters. The number of hydrogen-bond acceptors (Lipinski definition) is 2. The lowest BCUT2D eigenvalue weighted by atomic mass is 9.65. The Kier molecular flexibility index (Phi) is 4.48. The Bertz CT molecular complexity index is 239. The van der Waals surface area contributed by atoms with Crippen LogP contribution in [0.4, 0.5) is 0 Å². The molecule has 1 aliphatic carbocycles. The summed E-state index contributed by atoms with van der Waals surface area (Å²) in [5, 5.41) is 10.4. The molecule has 1 saturated heterocycles. The predicted molar refractivity (Wildman–Crippen MR) is 72.1 cm³/mol. The van der Waals surface area contributed by atoms with E-state index in [0.29, 0.717) is 11.5 Å². The Balaban J connectivity index is 2.14. The normalized spacial score (nSPS) is 39.7. The van der Waals surface area contributed by atoms with Gasteiger partial charge in [-0.25, -0.2) is 0 Å². The van der Waals surface area contributed by atoms with Crippen molar-refractivity contribution in [3.63, 3.8) is 0 Å². The maximum Gasteiger partial charge on any atom is 0.0586 e. The van der Waals surface area contributed by atoms with E-state index in [1.54, 1.807) is 0 Å². The van der Waals surface area contributed by atoms with Crippen LogP contribution in [0.3, 0.4) is 0 Å². The lowest BCUT2D eigenvalue weighted by Crippen LogP contribution is -2.59. The fraction of sp³-hybridized carbons (Fsp3) is 1.00. The van der Waals surface area contributed by atoms with E-state index in [4.69, 9.17) is 0 Å². The van der Waals surface area contributed by atoms with Crippen molar-refractivity contribution in [1.29, 1.82) is 0 Å². The maximum atomic E-state index is 10.4. The molecule has 3 atom stereocenters. The number of likely N-dealkylation sites (tertiary alicyclic amines) is 1. The summed E-state index contributed by atoms with van der Waals surface area (Å²) in [5.74, 6) is 0.529. The van der Waals surface area contributed by atoms with Crippen LogP contribution < -0.4 is 0 Å². The zero-order chi connectivity index (χ0) is 12.3. The molecule has 0 amide bonds. The van der Waals surface area contributed by atoms with E-state index in [2.05, 4.69) is 18.9 Å². The molecule has 1 aliphatic heterocycles. The molecule has 2 rings (SSSR count). The van der Waals surface area contributed by atoms with Gasteiger partial charge in [-0.05, 0) is 52.1 Å². The molecular weight excluding hydrogens is 210 g/mol. The van der Waals surface area contributed by atoms with Crippen molar-refractivity contribution in [2.45, 2.75) is 76.4 Å². The van der Waals surface area contributed by atoms with Crippen LogP contribution in [-0.2, 0) is 0 Å². The molecule has 2 aliphatic rings. The van der Waals surface area contributed by atoms with Crippen molar-refractivity contribution in [2.24, 2.45) is 5.92 Å². The molecule has 1 heterocycles. The van der Waals surface area contributed by atoms with Crippen LogP contribution in [0.25, 0.3) is 0 Å². The molecule has 0 radical (unpaired) electrons. The van der Waals surface area contributed by atoms with Crippen molar-refractivity contribution >= 4 is 0 Å². The number of aliphatic hydroxyl groups is 1. The van der Waals surface area contributed by atoms with Gasteiger partial charge >= 0.3 is 0 Å². The Hall–Kier alpha value is -0.0800. The van der Waals surface area contributed by atoms with E-state index in [1.807, 2.05) is 0 Å². The van der Waals surface area contributed by atoms with E-state index in [1.165, 1.54) is 57.9 Å². The molecule has 1 spiro atoms. The summed E-state index contributed by atoms with van der Waals surface area (Å²) in [6, 6.07) is 0. The molecule has 1 saturated carbocycles. The smallest absolute Gasteiger partial charge is 0.0586 e. The van der Waals surface area contributed by atoms with Crippen molar-refractivity contribution < 1.29 is 5.11 Å². The first-order valence-electron chi connectivity index (χ1n) is 7.60. The Morgan fingerprint density at radius 3 is 2.71 bits per heavy atom. The first-order valence-corrected chi connectivity index (χ1v) is 7.60. The molecule has 0 aromatic heterocycles. The van der Waals surface area contributed by atoms with Crippen molar-refractivity contribution in [1.82, 2.24) is 4.90 Å². The Labute approximate surface area is 106 Å². The fourth-order valence-corrected chi connectivity index (χ4v) is 4.23. The zero-order valence-electron chi connectivity index (χ0n) is 11.6. The summed E-state index contributed by atoms with van der Waals surface area (Å²) < 4.78 is 0. The second-order valence-corrected chi connectivity index (χ2v) is 6.19. The minimum absolute atomic E-state index is 0.0455. The van der Waals surface area contributed by atoms with E-state index >= 15 is 0 Å². The highest BCUT2D eigenvalue weighted by atomic mass is 16.3. The van der Waals surface area contributed by atoms with Crippen LogP contribution >= 0.6 is 0 Å². The number of rotatable bonds is 3. The number of aliphatic hydroxyl groups excluding tert-OH is 1. The SMILES string of the molecule is CCCC[C@@H]1[C@H](O)CCCC12CCCCN2C. The predicted octanol–water partition coefficient (Wildman–Crippen LogP) is 3.19.